The molecule has 19 nitrogen and oxygen atoms in total. The van der Waals surface area contributed by atoms with Gasteiger partial charge in [0, 0.05) is 6.08 Å². The molecule has 4 aromatic carbocycles. The Morgan fingerprint density at radius 3 is 1.93 bits per heavy atom. The molecule has 0 unspecified atom stereocenters. The van der Waals surface area contributed by atoms with E-state index in [0.717, 1.165) is 53.1 Å². The summed E-state index contributed by atoms with van der Waals surface area (Å²) in [5.74, 6) is -1.85. The molecule has 6 rings (SSSR count). The van der Waals surface area contributed by atoms with Crippen molar-refractivity contribution in [2.45, 2.75) is 23.6 Å². The third kappa shape index (κ3) is 8.66. The molecule has 4 aromatic rings. The van der Waals surface area contributed by atoms with Gasteiger partial charge in [-0.25, -0.2) is 0 Å². The molecule has 0 radical (unpaired) electrons. The molecule has 0 atom stereocenters. The number of hydrazone groups is 2. The Morgan fingerprint density at radius 1 is 0.690 bits per heavy atom. The SMILES string of the molecule is Cc1cc(-c2ccc(NN=C3C=CC(=O)C=C3O)c(C)c2)ccc1N=Nc1c(S(=O)(=O)O)cc2c(c1N)C(=O)C(=NNc1ccc(S(=O)(=O)O)cc1)C(S(=O)(=O)O)=C2. The number of nitrogens with one attached hydrogen (secondary N) is 2. The lowest BCUT2D eigenvalue weighted by Gasteiger charge is -2.20. The van der Waals surface area contributed by atoms with Gasteiger partial charge in [-0.15, -0.1) is 5.11 Å². The fourth-order valence-corrected chi connectivity index (χ4v) is 7.47. The van der Waals surface area contributed by atoms with Crippen LogP contribution in [0.4, 0.5) is 28.4 Å². The largest absolute Gasteiger partial charge is 0.505 e. The Morgan fingerprint density at radius 2 is 1.34 bits per heavy atom. The number of hydrogen-bond acceptors (Lipinski definition) is 16. The molecule has 0 aromatic heterocycles. The molecule has 0 amide bonds. The molecular formula is C36H29N7O12S3. The van der Waals surface area contributed by atoms with Crippen molar-refractivity contribution in [2.75, 3.05) is 16.6 Å². The van der Waals surface area contributed by atoms with Crippen molar-refractivity contribution >= 4 is 87.9 Å². The van der Waals surface area contributed by atoms with E-state index in [1.807, 2.05) is 13.0 Å². The highest BCUT2D eigenvalue weighted by Gasteiger charge is 2.37. The van der Waals surface area contributed by atoms with E-state index in [9.17, 15) is 53.6 Å². The number of ketones is 2. The second-order valence-corrected chi connectivity index (χ2v) is 16.8. The van der Waals surface area contributed by atoms with Crippen LogP contribution in [0.1, 0.15) is 27.0 Å². The molecule has 0 spiro atoms. The molecule has 2 aliphatic carbocycles. The van der Waals surface area contributed by atoms with Gasteiger partial charge in [0.15, 0.2) is 11.5 Å². The number of azo groups is 1. The monoisotopic (exact) mass is 847 g/mol. The van der Waals surface area contributed by atoms with Crippen molar-refractivity contribution in [2.24, 2.45) is 20.4 Å². The quantitative estimate of drug-likeness (QED) is 0.0331. The number of benzene rings is 4. The van der Waals surface area contributed by atoms with E-state index >= 15 is 0 Å². The maximum Gasteiger partial charge on any atom is 0.296 e. The minimum Gasteiger partial charge on any atom is -0.505 e. The maximum absolute atomic E-state index is 13.8. The predicted molar refractivity (Wildman–Crippen MR) is 213 cm³/mol. The van der Waals surface area contributed by atoms with E-state index < -0.39 is 79.0 Å². The van der Waals surface area contributed by atoms with Crippen LogP contribution in [-0.2, 0) is 35.1 Å². The number of carbonyl (C=O) groups is 2. The van der Waals surface area contributed by atoms with Crippen LogP contribution in [0.2, 0.25) is 0 Å². The van der Waals surface area contributed by atoms with E-state index in [-0.39, 0.29) is 28.6 Å². The van der Waals surface area contributed by atoms with E-state index in [2.05, 4.69) is 31.3 Å². The predicted octanol–water partition coefficient (Wildman–Crippen LogP) is 5.70. The summed E-state index contributed by atoms with van der Waals surface area (Å²) in [5, 5.41) is 26.0. The number of aryl methyl sites for hydroxylation is 2. The Hall–Kier alpha value is -6.69. The average Bonchev–Trinajstić information content (AvgIpc) is 3.13. The summed E-state index contributed by atoms with van der Waals surface area (Å²) in [6.07, 6.45) is 4.41. The number of rotatable bonds is 10. The number of nitrogens with zero attached hydrogens (tertiary/aromatic N) is 4. The van der Waals surface area contributed by atoms with E-state index in [1.54, 1.807) is 37.3 Å². The lowest BCUT2D eigenvalue weighted by molar-refractivity contribution is -0.110. The van der Waals surface area contributed by atoms with E-state index in [4.69, 9.17) is 5.73 Å². The first-order valence-corrected chi connectivity index (χ1v) is 20.6. The van der Waals surface area contributed by atoms with E-state index in [0.29, 0.717) is 17.3 Å². The summed E-state index contributed by atoms with van der Waals surface area (Å²) in [4.78, 5) is 22.7. The van der Waals surface area contributed by atoms with Crippen molar-refractivity contribution in [3.63, 3.8) is 0 Å². The number of aliphatic hydroxyl groups is 1. The van der Waals surface area contributed by atoms with Crippen LogP contribution in [0.3, 0.4) is 0 Å². The number of fused-ring (bicyclic) bond motifs is 1. The molecule has 22 heteroatoms. The molecule has 58 heavy (non-hydrogen) atoms. The Balaban J connectivity index is 1.32. The molecule has 2 aliphatic rings. The van der Waals surface area contributed by atoms with Crippen molar-refractivity contribution in [3.8, 4) is 11.1 Å². The summed E-state index contributed by atoms with van der Waals surface area (Å²) < 4.78 is 102. The zero-order valence-electron chi connectivity index (χ0n) is 29.8. The number of anilines is 3. The van der Waals surface area contributed by atoms with Gasteiger partial charge in [-0.3, -0.25) is 34.1 Å². The number of Topliss-reactive ketones (excluding diaryl/α,β-unsaturated/α-hetero) is 1. The first-order valence-electron chi connectivity index (χ1n) is 16.3. The highest BCUT2D eigenvalue weighted by Crippen LogP contribution is 2.41. The van der Waals surface area contributed by atoms with Crippen LogP contribution >= 0.6 is 0 Å². The first-order chi connectivity index (χ1) is 27.1. The molecule has 0 saturated carbocycles. The van der Waals surface area contributed by atoms with Gasteiger partial charge in [-0.2, -0.15) is 40.6 Å². The third-order valence-electron chi connectivity index (χ3n) is 8.56. The highest BCUT2D eigenvalue weighted by atomic mass is 32.2. The fourth-order valence-electron chi connectivity index (χ4n) is 5.66. The summed E-state index contributed by atoms with van der Waals surface area (Å²) in [5.41, 5.74) is 12.3. The second-order valence-electron chi connectivity index (χ2n) is 12.6. The molecular weight excluding hydrogens is 819 g/mol. The van der Waals surface area contributed by atoms with Crippen LogP contribution < -0.4 is 16.6 Å². The van der Waals surface area contributed by atoms with E-state index in [1.165, 1.54) is 12.2 Å². The fraction of sp³-hybridized carbons (Fsp3) is 0.0556. The molecule has 0 heterocycles. The Labute approximate surface area is 330 Å². The third-order valence-corrected chi connectivity index (χ3v) is 11.2. The van der Waals surface area contributed by atoms with Crippen LogP contribution in [0.5, 0.6) is 0 Å². The van der Waals surface area contributed by atoms with Gasteiger partial charge in [-0.05, 0) is 114 Å². The zero-order chi connectivity index (χ0) is 42.3. The van der Waals surface area contributed by atoms with Crippen molar-refractivity contribution in [1.82, 2.24) is 0 Å². The number of carbonyl (C=O) groups excluding carboxylic acids is 2. The average molecular weight is 848 g/mol. The van der Waals surface area contributed by atoms with Gasteiger partial charge < -0.3 is 10.8 Å². The molecule has 0 saturated heterocycles. The van der Waals surface area contributed by atoms with Crippen molar-refractivity contribution < 1.29 is 53.6 Å². The van der Waals surface area contributed by atoms with Gasteiger partial charge >= 0.3 is 0 Å². The molecule has 0 fully saturated rings. The van der Waals surface area contributed by atoms with Crippen molar-refractivity contribution in [1.29, 1.82) is 0 Å². The minimum absolute atomic E-state index is 0.0148. The number of nitrogens with two attached hydrogens (primary N) is 1. The second kappa shape index (κ2) is 15.3. The standard InChI is InChI=1S/C36H29N7O12S3/c1-18-13-20(3-10-26(18)39-41-28-12-7-24(44)17-29(28)45)21-4-11-27(19(2)14-21)40-42-34-30(57(50,51)52)15-22-16-31(58(53,54)55)35(36(46)32(22)33(34)37)43-38-23-5-8-25(9-6-23)56(47,48)49/h3-17,38-39,45H,37H2,1-2H3,(H,47,48,49)(H,50,51,52)(H,53,54,55). The smallest absolute Gasteiger partial charge is 0.296 e. The highest BCUT2D eigenvalue weighted by molar-refractivity contribution is 7.91. The number of aliphatic hydroxyl groups excluding tert-OH is 1. The number of hydrogen-bond donors (Lipinski definition) is 7. The number of allylic oxidation sites excluding steroid dienone is 4. The minimum atomic E-state index is -5.21. The lowest BCUT2D eigenvalue weighted by atomic mass is 9.92. The maximum atomic E-state index is 13.8. The summed E-state index contributed by atoms with van der Waals surface area (Å²) >= 11 is 0. The number of nitrogen functional groups attached to an aromatic ring is 1. The summed E-state index contributed by atoms with van der Waals surface area (Å²) in [7, 11) is -14.9. The van der Waals surface area contributed by atoms with Gasteiger partial charge in [-0.1, -0.05) is 12.1 Å². The Kier molecular flexibility index (Phi) is 10.8. The van der Waals surface area contributed by atoms with Crippen molar-refractivity contribution in [3.05, 3.63) is 118 Å². The van der Waals surface area contributed by atoms with Gasteiger partial charge in [0.2, 0.25) is 5.78 Å². The van der Waals surface area contributed by atoms with Crippen LogP contribution in [0, 0.1) is 13.8 Å². The van der Waals surface area contributed by atoms with Crippen LogP contribution in [-0.4, -0.2) is 67.0 Å². The normalized spacial score (nSPS) is 16.1. The van der Waals surface area contributed by atoms with Gasteiger partial charge in [0.1, 0.15) is 27.0 Å². The summed E-state index contributed by atoms with van der Waals surface area (Å²) in [6.45, 7) is 3.52. The summed E-state index contributed by atoms with van der Waals surface area (Å²) in [6, 6.07) is 15.4. The Bertz CT molecular complexity index is 2990. The topological polar surface area (TPSA) is 317 Å². The van der Waals surface area contributed by atoms with Crippen LogP contribution in [0.25, 0.3) is 17.2 Å². The molecule has 0 aliphatic heterocycles. The zero-order valence-corrected chi connectivity index (χ0v) is 32.3. The first kappa shape index (κ1) is 41.0. The van der Waals surface area contributed by atoms with Gasteiger partial charge in [0.25, 0.3) is 30.4 Å². The lowest BCUT2D eigenvalue weighted by Crippen LogP contribution is -2.28. The molecule has 8 N–H and O–H groups in total. The molecule has 298 valence electrons. The molecule has 0 bridgehead atoms. The van der Waals surface area contributed by atoms with Gasteiger partial charge in [0.05, 0.1) is 33.2 Å². The van der Waals surface area contributed by atoms with Crippen LogP contribution in [0.15, 0.2) is 126 Å².